The number of benzene rings is 1. The standard InChI is InChI=1S/C20H26N4OS/c1-16-2-4-17(5-3-16)14-24(18-6-7-18)19(25)15-22-9-11-23(12-10-22)20-21-8-13-26-20/h2-5,8,13,18H,6-7,9-12,14-15H2,1H3. The number of amides is 1. The molecule has 4 rings (SSSR count). The Hall–Kier alpha value is -1.92. The minimum atomic E-state index is 0.274. The predicted octanol–water partition coefficient (Wildman–Crippen LogP) is 2.76. The van der Waals surface area contributed by atoms with Crippen LogP contribution in [0.3, 0.4) is 0 Å². The van der Waals surface area contributed by atoms with Crippen LogP contribution in [0.15, 0.2) is 35.8 Å². The van der Waals surface area contributed by atoms with Crippen LogP contribution < -0.4 is 4.90 Å². The first-order valence-electron chi connectivity index (χ1n) is 9.41. The lowest BCUT2D eigenvalue weighted by Gasteiger charge is -2.35. The van der Waals surface area contributed by atoms with Crippen molar-refractivity contribution in [1.29, 1.82) is 0 Å². The van der Waals surface area contributed by atoms with Gasteiger partial charge in [0.25, 0.3) is 0 Å². The zero-order chi connectivity index (χ0) is 17.9. The van der Waals surface area contributed by atoms with Crippen LogP contribution in [0, 0.1) is 6.92 Å². The van der Waals surface area contributed by atoms with Gasteiger partial charge in [-0.1, -0.05) is 29.8 Å². The van der Waals surface area contributed by atoms with Gasteiger partial charge in [-0.2, -0.15) is 0 Å². The molecule has 1 amide bonds. The molecule has 5 nitrogen and oxygen atoms in total. The van der Waals surface area contributed by atoms with E-state index < -0.39 is 0 Å². The number of carbonyl (C=O) groups is 1. The first kappa shape index (κ1) is 17.5. The summed E-state index contributed by atoms with van der Waals surface area (Å²) in [6, 6.07) is 8.99. The highest BCUT2D eigenvalue weighted by Gasteiger charge is 2.33. The maximum absolute atomic E-state index is 12.9. The molecular formula is C20H26N4OS. The van der Waals surface area contributed by atoms with Crippen molar-refractivity contribution in [2.45, 2.75) is 32.4 Å². The van der Waals surface area contributed by atoms with Crippen LogP contribution in [0.2, 0.25) is 0 Å². The second kappa shape index (κ2) is 7.76. The number of nitrogens with zero attached hydrogens (tertiary/aromatic N) is 4. The van der Waals surface area contributed by atoms with Crippen molar-refractivity contribution in [1.82, 2.24) is 14.8 Å². The van der Waals surface area contributed by atoms with Gasteiger partial charge in [-0.3, -0.25) is 9.69 Å². The lowest BCUT2D eigenvalue weighted by Crippen LogP contribution is -2.50. The number of thiazole rings is 1. The van der Waals surface area contributed by atoms with Gasteiger partial charge < -0.3 is 9.80 Å². The largest absolute Gasteiger partial charge is 0.346 e. The molecule has 0 spiro atoms. The van der Waals surface area contributed by atoms with Crippen LogP contribution in [0.5, 0.6) is 0 Å². The van der Waals surface area contributed by atoms with E-state index in [2.05, 4.69) is 50.9 Å². The van der Waals surface area contributed by atoms with Crippen molar-refractivity contribution in [2.75, 3.05) is 37.6 Å². The highest BCUT2D eigenvalue weighted by atomic mass is 32.1. The highest BCUT2D eigenvalue weighted by molar-refractivity contribution is 7.13. The summed E-state index contributed by atoms with van der Waals surface area (Å²) in [5, 5.41) is 3.11. The van der Waals surface area contributed by atoms with Gasteiger partial charge in [0, 0.05) is 50.3 Å². The Morgan fingerprint density at radius 3 is 2.54 bits per heavy atom. The molecule has 2 aliphatic rings. The predicted molar refractivity (Wildman–Crippen MR) is 106 cm³/mol. The zero-order valence-corrected chi connectivity index (χ0v) is 16.1. The number of piperazine rings is 1. The Labute approximate surface area is 159 Å². The molecule has 0 radical (unpaired) electrons. The van der Waals surface area contributed by atoms with Gasteiger partial charge in [-0.15, -0.1) is 11.3 Å². The molecule has 1 aromatic carbocycles. The maximum atomic E-state index is 12.9. The SMILES string of the molecule is Cc1ccc(CN(C(=O)CN2CCN(c3nccs3)CC2)C2CC2)cc1. The van der Waals surface area contributed by atoms with Crippen molar-refractivity contribution >= 4 is 22.4 Å². The van der Waals surface area contributed by atoms with E-state index in [1.165, 1.54) is 11.1 Å². The molecule has 2 heterocycles. The third-order valence-corrected chi connectivity index (χ3v) is 6.03. The van der Waals surface area contributed by atoms with Crippen molar-refractivity contribution in [3.05, 3.63) is 47.0 Å². The molecule has 2 aromatic rings. The first-order chi connectivity index (χ1) is 12.7. The van der Waals surface area contributed by atoms with Crippen molar-refractivity contribution in [2.24, 2.45) is 0 Å². The van der Waals surface area contributed by atoms with Crippen LogP contribution in [0.4, 0.5) is 5.13 Å². The fourth-order valence-electron chi connectivity index (χ4n) is 3.45. The summed E-state index contributed by atoms with van der Waals surface area (Å²) in [6.45, 7) is 7.11. The number of rotatable bonds is 6. The molecule has 0 atom stereocenters. The smallest absolute Gasteiger partial charge is 0.237 e. The van der Waals surface area contributed by atoms with Crippen LogP contribution in [0.25, 0.3) is 0 Å². The third-order valence-electron chi connectivity index (χ3n) is 5.20. The highest BCUT2D eigenvalue weighted by Crippen LogP contribution is 2.29. The molecule has 6 heteroatoms. The number of carbonyl (C=O) groups excluding carboxylic acids is 1. The van der Waals surface area contributed by atoms with Gasteiger partial charge in [-0.05, 0) is 25.3 Å². The normalized spacial score (nSPS) is 18.1. The van der Waals surface area contributed by atoms with Gasteiger partial charge in [0.2, 0.25) is 5.91 Å². The monoisotopic (exact) mass is 370 g/mol. The van der Waals surface area contributed by atoms with E-state index in [1.54, 1.807) is 11.3 Å². The number of hydrogen-bond donors (Lipinski definition) is 0. The Morgan fingerprint density at radius 1 is 1.19 bits per heavy atom. The summed E-state index contributed by atoms with van der Waals surface area (Å²) in [6.07, 6.45) is 4.15. The summed E-state index contributed by atoms with van der Waals surface area (Å²) in [5.41, 5.74) is 2.49. The molecule has 0 unspecified atom stereocenters. The van der Waals surface area contributed by atoms with Crippen LogP contribution in [-0.2, 0) is 11.3 Å². The van der Waals surface area contributed by atoms with Gasteiger partial charge >= 0.3 is 0 Å². The lowest BCUT2D eigenvalue weighted by atomic mass is 10.1. The lowest BCUT2D eigenvalue weighted by molar-refractivity contribution is -0.133. The van der Waals surface area contributed by atoms with Gasteiger partial charge in [0.1, 0.15) is 0 Å². The summed E-state index contributed by atoms with van der Waals surface area (Å²) in [5.74, 6) is 0.274. The summed E-state index contributed by atoms with van der Waals surface area (Å²) < 4.78 is 0. The number of aryl methyl sites for hydroxylation is 1. The average molecular weight is 371 g/mol. The van der Waals surface area contributed by atoms with E-state index in [4.69, 9.17) is 0 Å². The molecule has 2 fully saturated rings. The van der Waals surface area contributed by atoms with Crippen molar-refractivity contribution in [3.8, 4) is 0 Å². The van der Waals surface area contributed by atoms with Gasteiger partial charge in [-0.25, -0.2) is 4.98 Å². The Bertz CT molecular complexity index is 719. The van der Waals surface area contributed by atoms with E-state index in [9.17, 15) is 4.79 Å². The van der Waals surface area contributed by atoms with Crippen molar-refractivity contribution < 1.29 is 4.79 Å². The second-order valence-corrected chi connectivity index (χ2v) is 8.19. The zero-order valence-electron chi connectivity index (χ0n) is 15.3. The summed E-state index contributed by atoms with van der Waals surface area (Å²) in [4.78, 5) is 24.0. The van der Waals surface area contributed by atoms with Crippen LogP contribution in [0.1, 0.15) is 24.0 Å². The van der Waals surface area contributed by atoms with E-state index >= 15 is 0 Å². The van der Waals surface area contributed by atoms with E-state index in [1.807, 2.05) is 11.6 Å². The first-order valence-corrected chi connectivity index (χ1v) is 10.3. The fourth-order valence-corrected chi connectivity index (χ4v) is 4.15. The molecule has 1 aromatic heterocycles. The van der Waals surface area contributed by atoms with Crippen LogP contribution >= 0.6 is 11.3 Å². The van der Waals surface area contributed by atoms with Crippen LogP contribution in [-0.4, -0.2) is 59.5 Å². The minimum absolute atomic E-state index is 0.274. The molecule has 1 aliphatic heterocycles. The number of anilines is 1. The molecule has 1 saturated carbocycles. The van der Waals surface area contributed by atoms with Gasteiger partial charge in [0.05, 0.1) is 6.54 Å². The fraction of sp³-hybridized carbons (Fsp3) is 0.500. The average Bonchev–Trinajstić information content (AvgIpc) is 3.34. The second-order valence-electron chi connectivity index (χ2n) is 7.32. The molecule has 138 valence electrons. The maximum Gasteiger partial charge on any atom is 0.237 e. The Balaban J connectivity index is 1.32. The van der Waals surface area contributed by atoms with E-state index in [0.717, 1.165) is 50.7 Å². The molecule has 0 N–H and O–H groups in total. The van der Waals surface area contributed by atoms with Crippen molar-refractivity contribution in [3.63, 3.8) is 0 Å². The Morgan fingerprint density at radius 2 is 1.92 bits per heavy atom. The number of aromatic nitrogens is 1. The molecular weight excluding hydrogens is 344 g/mol. The topological polar surface area (TPSA) is 39.7 Å². The molecule has 0 bridgehead atoms. The summed E-state index contributed by atoms with van der Waals surface area (Å²) >= 11 is 1.68. The van der Waals surface area contributed by atoms with E-state index in [0.29, 0.717) is 12.6 Å². The molecule has 1 saturated heterocycles. The summed E-state index contributed by atoms with van der Waals surface area (Å²) in [7, 11) is 0. The van der Waals surface area contributed by atoms with E-state index in [-0.39, 0.29) is 5.91 Å². The Kier molecular flexibility index (Phi) is 5.22. The molecule has 26 heavy (non-hydrogen) atoms. The minimum Gasteiger partial charge on any atom is -0.346 e. The number of hydrogen-bond acceptors (Lipinski definition) is 5. The van der Waals surface area contributed by atoms with Gasteiger partial charge in [0.15, 0.2) is 5.13 Å². The molecule has 1 aliphatic carbocycles. The third kappa shape index (κ3) is 4.24. The quantitative estimate of drug-likeness (QED) is 0.784.